The molecule has 1 fully saturated rings. The van der Waals surface area contributed by atoms with Gasteiger partial charge in [0.1, 0.15) is 5.75 Å². The molecule has 0 saturated carbocycles. The van der Waals surface area contributed by atoms with E-state index in [-0.39, 0.29) is 23.7 Å². The van der Waals surface area contributed by atoms with Crippen LogP contribution in [0.1, 0.15) is 18.4 Å². The van der Waals surface area contributed by atoms with Gasteiger partial charge in [0, 0.05) is 27.2 Å². The highest BCUT2D eigenvalue weighted by Crippen LogP contribution is 2.35. The number of carbonyl (C=O) groups excluding carboxylic acids is 1. The average Bonchev–Trinajstić information content (AvgIpc) is 2.78. The van der Waals surface area contributed by atoms with Crippen LogP contribution in [0, 0.1) is 5.92 Å². The zero-order valence-corrected chi connectivity index (χ0v) is 19.3. The molecule has 0 radical (unpaired) electrons. The summed E-state index contributed by atoms with van der Waals surface area (Å²) in [5.41, 5.74) is -0.444. The molecule has 0 spiro atoms. The number of hydrogen-bond acceptors (Lipinski definition) is 5. The number of methoxy groups -OCH3 is 1. The fourth-order valence-corrected chi connectivity index (χ4v) is 5.23. The molecule has 1 saturated heterocycles. The van der Waals surface area contributed by atoms with Crippen molar-refractivity contribution in [2.24, 2.45) is 5.92 Å². The average molecular weight is 486 g/mol. The Morgan fingerprint density at radius 1 is 1.15 bits per heavy atom. The molecular formula is C22H26F3N3O4S. The number of carbonyl (C=O) groups is 1. The lowest BCUT2D eigenvalue weighted by molar-refractivity contribution is -0.137. The number of nitrogens with zero attached hydrogens (tertiary/aromatic N) is 2. The first-order valence-corrected chi connectivity index (χ1v) is 11.7. The van der Waals surface area contributed by atoms with Crippen molar-refractivity contribution in [2.45, 2.75) is 23.9 Å². The van der Waals surface area contributed by atoms with Crippen molar-refractivity contribution in [2.75, 3.05) is 44.5 Å². The van der Waals surface area contributed by atoms with Crippen molar-refractivity contribution < 1.29 is 31.1 Å². The summed E-state index contributed by atoms with van der Waals surface area (Å²) in [5, 5.41) is 2.58. The highest BCUT2D eigenvalue weighted by atomic mass is 32.2. The van der Waals surface area contributed by atoms with Gasteiger partial charge in [0.2, 0.25) is 15.9 Å². The second-order valence-corrected chi connectivity index (χ2v) is 9.93. The quantitative estimate of drug-likeness (QED) is 0.673. The maximum absolute atomic E-state index is 13.2. The number of nitrogens with one attached hydrogen (secondary N) is 1. The van der Waals surface area contributed by atoms with E-state index >= 15 is 0 Å². The van der Waals surface area contributed by atoms with Gasteiger partial charge in [0.25, 0.3) is 0 Å². The fraction of sp³-hybridized carbons (Fsp3) is 0.409. The summed E-state index contributed by atoms with van der Waals surface area (Å²) in [6.07, 6.45) is -3.67. The number of ether oxygens (including phenoxy) is 1. The van der Waals surface area contributed by atoms with Gasteiger partial charge in [-0.25, -0.2) is 8.42 Å². The fourth-order valence-electron chi connectivity index (χ4n) is 3.71. The number of alkyl halides is 3. The molecule has 0 aliphatic carbocycles. The molecule has 1 atom stereocenters. The van der Waals surface area contributed by atoms with Crippen LogP contribution in [0.15, 0.2) is 47.4 Å². The van der Waals surface area contributed by atoms with Crippen molar-refractivity contribution >= 4 is 27.3 Å². The van der Waals surface area contributed by atoms with Crippen molar-refractivity contribution in [1.29, 1.82) is 0 Å². The minimum absolute atomic E-state index is 0.0231. The third-order valence-electron chi connectivity index (χ3n) is 5.52. The molecule has 2 aromatic rings. The maximum Gasteiger partial charge on any atom is 0.416 e. The van der Waals surface area contributed by atoms with Crippen molar-refractivity contribution in [1.82, 2.24) is 4.31 Å². The maximum atomic E-state index is 13.2. The Labute approximate surface area is 191 Å². The van der Waals surface area contributed by atoms with Gasteiger partial charge in [0.15, 0.2) is 0 Å². The minimum atomic E-state index is -4.56. The third kappa shape index (κ3) is 5.59. The molecule has 1 N–H and O–H groups in total. The molecule has 7 nitrogen and oxygen atoms in total. The largest absolute Gasteiger partial charge is 0.497 e. The van der Waals surface area contributed by atoms with Crippen LogP contribution in [0.5, 0.6) is 5.75 Å². The van der Waals surface area contributed by atoms with E-state index in [0.29, 0.717) is 24.3 Å². The predicted octanol–water partition coefficient (Wildman–Crippen LogP) is 3.82. The van der Waals surface area contributed by atoms with E-state index in [1.807, 2.05) is 0 Å². The van der Waals surface area contributed by atoms with Crippen LogP contribution < -0.4 is 15.0 Å². The van der Waals surface area contributed by atoms with Crippen molar-refractivity contribution in [3.05, 3.63) is 48.0 Å². The number of rotatable bonds is 6. The van der Waals surface area contributed by atoms with Crippen LogP contribution >= 0.6 is 0 Å². The van der Waals surface area contributed by atoms with E-state index in [1.54, 1.807) is 19.0 Å². The number of benzene rings is 2. The lowest BCUT2D eigenvalue weighted by Gasteiger charge is -2.31. The SMILES string of the molecule is COc1ccc(S(=O)(=O)N2CCCC(C(=O)Nc3cc(C(F)(F)F)ccc3N(C)C)C2)cc1. The third-order valence-corrected chi connectivity index (χ3v) is 7.40. The Bertz CT molecular complexity index is 1100. The van der Waals surface area contributed by atoms with Crippen LogP contribution in [-0.2, 0) is 21.0 Å². The number of halogens is 3. The summed E-state index contributed by atoms with van der Waals surface area (Å²) in [6.45, 7) is 0.196. The van der Waals surface area contributed by atoms with Crippen molar-refractivity contribution in [3.8, 4) is 5.75 Å². The molecule has 1 aliphatic rings. The van der Waals surface area contributed by atoms with Crippen LogP contribution in [0.4, 0.5) is 24.5 Å². The van der Waals surface area contributed by atoms with Gasteiger partial charge in [0.05, 0.1) is 34.9 Å². The summed E-state index contributed by atoms with van der Waals surface area (Å²) in [4.78, 5) is 14.6. The number of piperidine rings is 1. The first-order valence-electron chi connectivity index (χ1n) is 10.3. The summed E-state index contributed by atoms with van der Waals surface area (Å²) in [6, 6.07) is 9.08. The Kier molecular flexibility index (Phi) is 7.23. The number of anilines is 2. The van der Waals surface area contributed by atoms with Gasteiger partial charge >= 0.3 is 6.18 Å². The van der Waals surface area contributed by atoms with Gasteiger partial charge in [-0.15, -0.1) is 0 Å². The van der Waals surface area contributed by atoms with Gasteiger partial charge in [-0.2, -0.15) is 17.5 Å². The smallest absolute Gasteiger partial charge is 0.416 e. The van der Waals surface area contributed by atoms with Crippen LogP contribution in [0.25, 0.3) is 0 Å². The highest BCUT2D eigenvalue weighted by Gasteiger charge is 2.35. The van der Waals surface area contributed by atoms with E-state index < -0.39 is 33.6 Å². The highest BCUT2D eigenvalue weighted by molar-refractivity contribution is 7.89. The van der Waals surface area contributed by atoms with Crippen LogP contribution in [0.3, 0.4) is 0 Å². The molecule has 1 amide bonds. The summed E-state index contributed by atoms with van der Waals surface area (Å²) >= 11 is 0. The summed E-state index contributed by atoms with van der Waals surface area (Å²) in [5.74, 6) is -0.703. The monoisotopic (exact) mass is 485 g/mol. The molecule has 1 unspecified atom stereocenters. The minimum Gasteiger partial charge on any atom is -0.497 e. The Balaban J connectivity index is 1.80. The van der Waals surface area contributed by atoms with E-state index in [9.17, 15) is 26.4 Å². The van der Waals surface area contributed by atoms with Gasteiger partial charge < -0.3 is 15.0 Å². The number of amides is 1. The Morgan fingerprint density at radius 3 is 2.39 bits per heavy atom. The number of hydrogen-bond donors (Lipinski definition) is 1. The molecular weight excluding hydrogens is 459 g/mol. The topological polar surface area (TPSA) is 79.0 Å². The predicted molar refractivity (Wildman–Crippen MR) is 119 cm³/mol. The molecule has 3 rings (SSSR count). The normalized spacial score (nSPS) is 17.5. The lowest BCUT2D eigenvalue weighted by Crippen LogP contribution is -2.43. The number of sulfonamides is 1. The van der Waals surface area contributed by atoms with Crippen LogP contribution in [0.2, 0.25) is 0 Å². The Hall–Kier alpha value is -2.79. The molecule has 0 bridgehead atoms. The lowest BCUT2D eigenvalue weighted by atomic mass is 9.98. The van der Waals surface area contributed by atoms with Crippen molar-refractivity contribution in [3.63, 3.8) is 0 Å². The van der Waals surface area contributed by atoms with Gasteiger partial charge in [-0.3, -0.25) is 4.79 Å². The van der Waals surface area contributed by atoms with Gasteiger partial charge in [-0.05, 0) is 55.3 Å². The molecule has 1 heterocycles. The molecule has 180 valence electrons. The van der Waals surface area contributed by atoms with E-state index in [4.69, 9.17) is 4.74 Å². The summed E-state index contributed by atoms with van der Waals surface area (Å²) in [7, 11) is 0.952. The molecule has 2 aromatic carbocycles. The van der Waals surface area contributed by atoms with E-state index in [2.05, 4.69) is 5.32 Å². The van der Waals surface area contributed by atoms with Crippen LogP contribution in [-0.4, -0.2) is 52.9 Å². The summed E-state index contributed by atoms with van der Waals surface area (Å²) < 4.78 is 71.9. The molecule has 0 aromatic heterocycles. The molecule has 11 heteroatoms. The molecule has 1 aliphatic heterocycles. The van der Waals surface area contributed by atoms with E-state index in [1.165, 1.54) is 41.7 Å². The zero-order valence-electron chi connectivity index (χ0n) is 18.5. The first-order chi connectivity index (χ1) is 15.4. The first kappa shape index (κ1) is 24.8. The standard InChI is InChI=1S/C22H26F3N3O4S/c1-27(2)20-11-6-16(22(23,24)25)13-19(20)26-21(29)15-5-4-12-28(14-15)33(30,31)18-9-7-17(32-3)8-10-18/h6-11,13,15H,4-5,12,14H2,1-3H3,(H,26,29). The Morgan fingerprint density at radius 2 is 1.82 bits per heavy atom. The van der Waals surface area contributed by atoms with Gasteiger partial charge in [-0.1, -0.05) is 0 Å². The molecule has 33 heavy (non-hydrogen) atoms. The zero-order chi connectivity index (χ0) is 24.4. The van der Waals surface area contributed by atoms with E-state index in [0.717, 1.165) is 12.1 Å². The second-order valence-electron chi connectivity index (χ2n) is 7.99. The second kappa shape index (κ2) is 9.60.